The van der Waals surface area contributed by atoms with Gasteiger partial charge in [0.15, 0.2) is 0 Å². The second-order valence-corrected chi connectivity index (χ2v) is 8.34. The van der Waals surface area contributed by atoms with Gasteiger partial charge < -0.3 is 20.5 Å². The first-order valence-electron chi connectivity index (χ1n) is 11.0. The van der Waals surface area contributed by atoms with Crippen molar-refractivity contribution < 1.29 is 24.2 Å². The fourth-order valence-electron chi connectivity index (χ4n) is 3.39. The van der Waals surface area contributed by atoms with Crippen LogP contribution in [0.25, 0.3) is 11.0 Å². The molecule has 34 heavy (non-hydrogen) atoms. The number of aliphatic carboxylic acids is 1. The molecule has 1 aromatic heterocycles. The van der Waals surface area contributed by atoms with Crippen molar-refractivity contribution in [2.24, 2.45) is 5.92 Å². The van der Waals surface area contributed by atoms with Crippen molar-refractivity contribution in [3.8, 4) is 0 Å². The summed E-state index contributed by atoms with van der Waals surface area (Å²) in [7, 11) is 0. The van der Waals surface area contributed by atoms with E-state index in [2.05, 4.69) is 20.6 Å². The fraction of sp³-hybridized carbons (Fsp3) is 0.320. The minimum absolute atomic E-state index is 0.0498. The Labute approximate surface area is 197 Å². The normalized spacial score (nSPS) is 12.7. The second kappa shape index (κ2) is 11.7. The molecule has 0 aliphatic carbocycles. The highest BCUT2D eigenvalue weighted by Gasteiger charge is 2.28. The van der Waals surface area contributed by atoms with Crippen LogP contribution in [0.5, 0.6) is 0 Å². The number of rotatable bonds is 10. The second-order valence-electron chi connectivity index (χ2n) is 8.34. The third-order valence-corrected chi connectivity index (χ3v) is 5.05. The van der Waals surface area contributed by atoms with Crippen LogP contribution in [0.3, 0.4) is 0 Å². The number of para-hydroxylation sites is 2. The number of aromatic nitrogens is 2. The maximum absolute atomic E-state index is 12.9. The highest BCUT2D eigenvalue weighted by atomic mass is 16.5. The van der Waals surface area contributed by atoms with Crippen molar-refractivity contribution in [3.63, 3.8) is 0 Å². The summed E-state index contributed by atoms with van der Waals surface area (Å²) < 4.78 is 5.21. The molecule has 3 rings (SSSR count). The van der Waals surface area contributed by atoms with Crippen LogP contribution in [-0.4, -0.2) is 45.1 Å². The van der Waals surface area contributed by atoms with E-state index >= 15 is 0 Å². The zero-order valence-corrected chi connectivity index (χ0v) is 19.1. The van der Waals surface area contributed by atoms with E-state index in [9.17, 15) is 19.5 Å². The standard InChI is InChI=1S/C25H28N4O5/c1-16(2)12-21(29-25(33)34-15-17-8-4-3-5-9-17)23(30)28-22(24(31)32)13-18-14-26-19-10-6-7-11-20(19)27-18/h3-11,14,16,21-22H,12-13,15H2,1-2H3,(H,28,30)(H,29,33)(H,31,32)/t21-,22-/m0/s1. The van der Waals surface area contributed by atoms with Gasteiger partial charge in [-0.1, -0.05) is 56.3 Å². The number of hydrogen-bond acceptors (Lipinski definition) is 6. The summed E-state index contributed by atoms with van der Waals surface area (Å²) in [5.74, 6) is -1.75. The largest absolute Gasteiger partial charge is 0.480 e. The number of fused-ring (bicyclic) bond motifs is 1. The number of carboxylic acid groups (broad SMARTS) is 1. The summed E-state index contributed by atoms with van der Waals surface area (Å²) in [6, 6.07) is 14.2. The first-order valence-corrected chi connectivity index (χ1v) is 11.0. The molecule has 0 saturated heterocycles. The molecule has 0 unspecified atom stereocenters. The molecule has 1 heterocycles. The third kappa shape index (κ3) is 7.26. The molecule has 0 aliphatic heterocycles. The molecule has 178 valence electrons. The molecule has 0 saturated carbocycles. The Balaban J connectivity index is 1.64. The van der Waals surface area contributed by atoms with Crippen molar-refractivity contribution in [2.45, 2.75) is 45.4 Å². The van der Waals surface area contributed by atoms with Crippen LogP contribution in [0.4, 0.5) is 4.79 Å². The summed E-state index contributed by atoms with van der Waals surface area (Å²) in [6.45, 7) is 3.86. The Morgan fingerprint density at radius 2 is 1.62 bits per heavy atom. The molecule has 2 atom stereocenters. The number of amides is 2. The van der Waals surface area contributed by atoms with Crippen molar-refractivity contribution in [1.29, 1.82) is 0 Å². The number of carboxylic acids is 1. The summed E-state index contributed by atoms with van der Waals surface area (Å²) >= 11 is 0. The van der Waals surface area contributed by atoms with Crippen LogP contribution in [0.2, 0.25) is 0 Å². The van der Waals surface area contributed by atoms with E-state index in [4.69, 9.17) is 4.74 Å². The van der Waals surface area contributed by atoms with Crippen molar-refractivity contribution >= 4 is 29.0 Å². The van der Waals surface area contributed by atoms with E-state index in [1.807, 2.05) is 62.4 Å². The molecule has 3 aromatic rings. The number of benzene rings is 2. The average Bonchev–Trinajstić information content (AvgIpc) is 2.82. The molecule has 0 fully saturated rings. The van der Waals surface area contributed by atoms with Gasteiger partial charge in [-0.15, -0.1) is 0 Å². The Morgan fingerprint density at radius 1 is 0.941 bits per heavy atom. The van der Waals surface area contributed by atoms with Gasteiger partial charge in [0.05, 0.1) is 16.7 Å². The lowest BCUT2D eigenvalue weighted by Gasteiger charge is -2.22. The lowest BCUT2D eigenvalue weighted by molar-refractivity contribution is -0.142. The van der Waals surface area contributed by atoms with E-state index in [0.717, 1.165) is 5.56 Å². The Hall–Kier alpha value is -4.01. The zero-order valence-electron chi connectivity index (χ0n) is 19.1. The summed E-state index contributed by atoms with van der Waals surface area (Å²) in [5, 5.41) is 14.8. The lowest BCUT2D eigenvalue weighted by Crippen LogP contribution is -2.52. The number of alkyl carbamates (subject to hydrolysis) is 1. The van der Waals surface area contributed by atoms with Crippen molar-refractivity contribution in [1.82, 2.24) is 20.6 Å². The number of carbonyl (C=O) groups excluding carboxylic acids is 2. The number of hydrogen-bond donors (Lipinski definition) is 3. The highest BCUT2D eigenvalue weighted by molar-refractivity contribution is 5.89. The minimum Gasteiger partial charge on any atom is -0.480 e. The molecule has 2 amide bonds. The smallest absolute Gasteiger partial charge is 0.408 e. The number of nitrogens with zero attached hydrogens (tertiary/aromatic N) is 2. The molecule has 3 N–H and O–H groups in total. The van der Waals surface area contributed by atoms with Gasteiger partial charge in [-0.05, 0) is 30.0 Å². The zero-order chi connectivity index (χ0) is 24.5. The first kappa shape index (κ1) is 24.6. The van der Waals surface area contributed by atoms with Gasteiger partial charge >= 0.3 is 12.1 Å². The molecule has 0 radical (unpaired) electrons. The lowest BCUT2D eigenvalue weighted by atomic mass is 10.0. The van der Waals surface area contributed by atoms with E-state index in [-0.39, 0.29) is 18.9 Å². The predicted molar refractivity (Wildman–Crippen MR) is 126 cm³/mol. The van der Waals surface area contributed by atoms with Gasteiger partial charge in [-0.25, -0.2) is 14.6 Å². The van der Waals surface area contributed by atoms with Crippen LogP contribution < -0.4 is 10.6 Å². The predicted octanol–water partition coefficient (Wildman–Crippen LogP) is 3.08. The van der Waals surface area contributed by atoms with Gasteiger partial charge in [0.25, 0.3) is 0 Å². The van der Waals surface area contributed by atoms with Gasteiger partial charge in [0, 0.05) is 12.6 Å². The maximum Gasteiger partial charge on any atom is 0.408 e. The quantitative estimate of drug-likeness (QED) is 0.420. The summed E-state index contributed by atoms with van der Waals surface area (Å²) in [5.41, 5.74) is 2.57. The molecular formula is C25H28N4O5. The third-order valence-electron chi connectivity index (χ3n) is 5.05. The van der Waals surface area contributed by atoms with E-state index in [1.165, 1.54) is 6.20 Å². The number of carbonyl (C=O) groups is 3. The van der Waals surface area contributed by atoms with E-state index in [0.29, 0.717) is 23.1 Å². The fourth-order valence-corrected chi connectivity index (χ4v) is 3.39. The first-order chi connectivity index (χ1) is 16.3. The molecule has 9 heteroatoms. The molecule has 0 aliphatic rings. The number of nitrogens with one attached hydrogen (secondary N) is 2. The highest BCUT2D eigenvalue weighted by Crippen LogP contribution is 2.11. The Morgan fingerprint density at radius 3 is 2.29 bits per heavy atom. The van der Waals surface area contributed by atoms with Crippen LogP contribution in [0, 0.1) is 5.92 Å². The van der Waals surface area contributed by atoms with E-state index < -0.39 is 30.1 Å². The minimum atomic E-state index is -1.24. The van der Waals surface area contributed by atoms with Crippen LogP contribution in [0.1, 0.15) is 31.5 Å². The van der Waals surface area contributed by atoms with Gasteiger partial charge in [0.2, 0.25) is 5.91 Å². The SMILES string of the molecule is CC(C)C[C@H](NC(=O)OCc1ccccc1)C(=O)N[C@@H](Cc1cnc2ccccc2n1)C(=O)O. The topological polar surface area (TPSA) is 131 Å². The Kier molecular flexibility index (Phi) is 8.50. The molecule has 0 spiro atoms. The molecule has 9 nitrogen and oxygen atoms in total. The van der Waals surface area contributed by atoms with Crippen LogP contribution >= 0.6 is 0 Å². The average molecular weight is 465 g/mol. The molecular weight excluding hydrogens is 436 g/mol. The Bertz CT molecular complexity index is 1140. The van der Waals surface area contributed by atoms with Gasteiger partial charge in [-0.2, -0.15) is 0 Å². The van der Waals surface area contributed by atoms with Crippen LogP contribution in [0.15, 0.2) is 60.8 Å². The monoisotopic (exact) mass is 464 g/mol. The van der Waals surface area contributed by atoms with Crippen molar-refractivity contribution in [2.75, 3.05) is 0 Å². The molecule has 0 bridgehead atoms. The van der Waals surface area contributed by atoms with Crippen molar-refractivity contribution in [3.05, 3.63) is 72.1 Å². The van der Waals surface area contributed by atoms with Gasteiger partial charge in [-0.3, -0.25) is 9.78 Å². The summed E-state index contributed by atoms with van der Waals surface area (Å²) in [6.07, 6.45) is 1.01. The molecule has 2 aromatic carbocycles. The van der Waals surface area contributed by atoms with Crippen LogP contribution in [-0.2, 0) is 27.4 Å². The van der Waals surface area contributed by atoms with Gasteiger partial charge in [0.1, 0.15) is 18.7 Å². The van der Waals surface area contributed by atoms with E-state index in [1.54, 1.807) is 6.07 Å². The maximum atomic E-state index is 12.9. The summed E-state index contributed by atoms with van der Waals surface area (Å²) in [4.78, 5) is 45.8. The number of ether oxygens (including phenoxy) is 1.